The van der Waals surface area contributed by atoms with Gasteiger partial charge in [0.1, 0.15) is 18.4 Å². The maximum atomic E-state index is 14.6. The van der Waals surface area contributed by atoms with Crippen LogP contribution in [-0.4, -0.2) is 43.8 Å². The van der Waals surface area contributed by atoms with Crippen molar-refractivity contribution in [2.24, 2.45) is 0 Å². The fourth-order valence-electron chi connectivity index (χ4n) is 5.79. The summed E-state index contributed by atoms with van der Waals surface area (Å²) in [7, 11) is -4.25. The summed E-state index contributed by atoms with van der Waals surface area (Å²) in [6.07, 6.45) is 3.93. The van der Waals surface area contributed by atoms with Crippen LogP contribution >= 0.6 is 11.6 Å². The van der Waals surface area contributed by atoms with Gasteiger partial charge in [-0.2, -0.15) is 0 Å². The van der Waals surface area contributed by atoms with Gasteiger partial charge in [-0.15, -0.1) is 0 Å². The van der Waals surface area contributed by atoms with E-state index in [1.807, 2.05) is 30.3 Å². The minimum absolute atomic E-state index is 0.00221. The van der Waals surface area contributed by atoms with E-state index in [4.69, 9.17) is 11.6 Å². The molecule has 0 unspecified atom stereocenters. The van der Waals surface area contributed by atoms with Crippen LogP contribution in [0.25, 0.3) is 0 Å². The van der Waals surface area contributed by atoms with Crippen molar-refractivity contribution in [3.05, 3.63) is 131 Å². The van der Waals surface area contributed by atoms with Crippen LogP contribution in [0, 0.1) is 12.7 Å². The van der Waals surface area contributed by atoms with E-state index in [0.717, 1.165) is 35.6 Å². The second-order valence-corrected chi connectivity index (χ2v) is 13.9. The summed E-state index contributed by atoms with van der Waals surface area (Å²) >= 11 is 6.34. The summed E-state index contributed by atoms with van der Waals surface area (Å²) in [5.41, 5.74) is 2.28. The number of anilines is 1. The average Bonchev–Trinajstić information content (AvgIpc) is 3.57. The van der Waals surface area contributed by atoms with E-state index < -0.39 is 34.3 Å². The molecule has 10 heteroatoms. The lowest BCUT2D eigenvalue weighted by Crippen LogP contribution is -2.54. The highest BCUT2D eigenvalue weighted by molar-refractivity contribution is 7.92. The molecule has 0 heterocycles. The number of amides is 2. The van der Waals surface area contributed by atoms with Crippen molar-refractivity contribution >= 4 is 39.1 Å². The minimum atomic E-state index is -4.25. The predicted molar refractivity (Wildman–Crippen MR) is 178 cm³/mol. The van der Waals surface area contributed by atoms with Gasteiger partial charge < -0.3 is 10.2 Å². The second-order valence-electron chi connectivity index (χ2n) is 11.6. The van der Waals surface area contributed by atoms with Crippen molar-refractivity contribution in [3.8, 4) is 0 Å². The third kappa shape index (κ3) is 8.13. The first kappa shape index (κ1) is 33.2. The Bertz CT molecular complexity index is 1750. The Kier molecular flexibility index (Phi) is 10.8. The molecule has 1 aliphatic carbocycles. The number of hydrogen-bond acceptors (Lipinski definition) is 4. The lowest BCUT2D eigenvalue weighted by atomic mass is 10.0. The number of rotatable bonds is 12. The smallest absolute Gasteiger partial charge is 0.264 e. The van der Waals surface area contributed by atoms with Crippen LogP contribution in [-0.2, 0) is 32.6 Å². The van der Waals surface area contributed by atoms with Gasteiger partial charge in [0.2, 0.25) is 11.8 Å². The molecule has 0 bridgehead atoms. The van der Waals surface area contributed by atoms with Gasteiger partial charge in [0.05, 0.1) is 10.6 Å². The van der Waals surface area contributed by atoms with Gasteiger partial charge in [0.15, 0.2) is 0 Å². The van der Waals surface area contributed by atoms with E-state index in [2.05, 4.69) is 5.32 Å². The van der Waals surface area contributed by atoms with E-state index in [9.17, 15) is 22.4 Å². The van der Waals surface area contributed by atoms with Gasteiger partial charge in [0.25, 0.3) is 10.0 Å². The van der Waals surface area contributed by atoms with Gasteiger partial charge in [-0.3, -0.25) is 13.9 Å². The van der Waals surface area contributed by atoms with E-state index in [1.54, 1.807) is 49.4 Å². The molecule has 0 aliphatic heterocycles. The lowest BCUT2D eigenvalue weighted by Gasteiger charge is -2.34. The van der Waals surface area contributed by atoms with Gasteiger partial charge in [-0.05, 0) is 72.9 Å². The van der Waals surface area contributed by atoms with Crippen LogP contribution in [0.1, 0.15) is 42.4 Å². The number of aryl methyl sites for hydroxylation is 1. The van der Waals surface area contributed by atoms with Crippen molar-refractivity contribution < 1.29 is 22.4 Å². The first-order valence-corrected chi connectivity index (χ1v) is 17.2. The third-order valence-electron chi connectivity index (χ3n) is 8.29. The summed E-state index contributed by atoms with van der Waals surface area (Å²) in [6.45, 7) is 1.11. The number of carbonyl (C=O) groups excluding carboxylic acids is 2. The molecule has 2 amide bonds. The van der Waals surface area contributed by atoms with Crippen molar-refractivity contribution in [3.63, 3.8) is 0 Å². The monoisotopic (exact) mass is 661 g/mol. The minimum Gasteiger partial charge on any atom is -0.352 e. The summed E-state index contributed by atoms with van der Waals surface area (Å²) < 4.78 is 43.3. The molecule has 1 aliphatic rings. The average molecular weight is 662 g/mol. The first-order valence-electron chi connectivity index (χ1n) is 15.3. The van der Waals surface area contributed by atoms with Crippen LogP contribution in [0.3, 0.4) is 0 Å². The molecule has 5 rings (SSSR count). The van der Waals surface area contributed by atoms with Crippen molar-refractivity contribution in [2.75, 3.05) is 10.8 Å². The summed E-state index contributed by atoms with van der Waals surface area (Å²) in [4.78, 5) is 30.1. The van der Waals surface area contributed by atoms with E-state index in [0.29, 0.717) is 16.1 Å². The quantitative estimate of drug-likeness (QED) is 0.184. The highest BCUT2D eigenvalue weighted by Gasteiger charge is 2.36. The molecule has 0 aromatic heterocycles. The number of sulfonamides is 1. The van der Waals surface area contributed by atoms with Crippen LogP contribution < -0.4 is 9.62 Å². The SMILES string of the molecule is Cc1ccc(Cl)cc1N(CC(=O)N(Cc1ccc(F)cc1)[C@@H](Cc1ccccc1)C(=O)NC1CCCC1)S(=O)(=O)c1ccccc1. The van der Waals surface area contributed by atoms with Crippen LogP contribution in [0.15, 0.2) is 108 Å². The molecule has 7 nitrogen and oxygen atoms in total. The van der Waals surface area contributed by atoms with Gasteiger partial charge >= 0.3 is 0 Å². The summed E-state index contributed by atoms with van der Waals surface area (Å²) in [5, 5.41) is 3.45. The normalized spacial score (nSPS) is 14.1. The largest absolute Gasteiger partial charge is 0.352 e. The molecule has 0 radical (unpaired) electrons. The third-order valence-corrected chi connectivity index (χ3v) is 10.3. The summed E-state index contributed by atoms with van der Waals surface area (Å²) in [5.74, 6) is -1.34. The topological polar surface area (TPSA) is 86.8 Å². The van der Waals surface area contributed by atoms with E-state index in [-0.39, 0.29) is 35.5 Å². The van der Waals surface area contributed by atoms with Gasteiger partial charge in [-0.1, -0.05) is 91.2 Å². The zero-order valence-electron chi connectivity index (χ0n) is 25.6. The molecule has 4 aromatic carbocycles. The Morgan fingerprint density at radius 2 is 1.52 bits per heavy atom. The zero-order chi connectivity index (χ0) is 32.7. The van der Waals surface area contributed by atoms with E-state index in [1.165, 1.54) is 35.2 Å². The molecule has 1 atom stereocenters. The molecular formula is C36H37ClFN3O4S. The Morgan fingerprint density at radius 1 is 0.891 bits per heavy atom. The van der Waals surface area contributed by atoms with Crippen molar-refractivity contribution in [1.82, 2.24) is 10.2 Å². The molecule has 1 N–H and O–H groups in total. The molecule has 240 valence electrons. The van der Waals surface area contributed by atoms with Gasteiger partial charge in [-0.25, -0.2) is 12.8 Å². The van der Waals surface area contributed by atoms with Crippen molar-refractivity contribution in [2.45, 2.75) is 62.6 Å². The highest BCUT2D eigenvalue weighted by atomic mass is 35.5. The Morgan fingerprint density at radius 3 is 2.17 bits per heavy atom. The maximum absolute atomic E-state index is 14.6. The Balaban J connectivity index is 1.58. The molecule has 1 fully saturated rings. The molecule has 1 saturated carbocycles. The van der Waals surface area contributed by atoms with Crippen LogP contribution in [0.5, 0.6) is 0 Å². The van der Waals surface area contributed by atoms with Crippen LogP contribution in [0.4, 0.5) is 10.1 Å². The number of nitrogens with zero attached hydrogens (tertiary/aromatic N) is 2. The molecule has 4 aromatic rings. The molecular weight excluding hydrogens is 625 g/mol. The van der Waals surface area contributed by atoms with E-state index >= 15 is 0 Å². The first-order chi connectivity index (χ1) is 22.1. The molecule has 0 spiro atoms. The number of carbonyl (C=O) groups is 2. The van der Waals surface area contributed by atoms with Crippen LogP contribution in [0.2, 0.25) is 5.02 Å². The fourth-order valence-corrected chi connectivity index (χ4v) is 7.45. The number of nitrogens with one attached hydrogen (secondary N) is 1. The molecule has 0 saturated heterocycles. The fraction of sp³-hybridized carbons (Fsp3) is 0.278. The number of benzene rings is 4. The number of halogens is 2. The lowest BCUT2D eigenvalue weighted by molar-refractivity contribution is -0.140. The summed E-state index contributed by atoms with van der Waals surface area (Å²) in [6, 6.07) is 26.8. The Labute approximate surface area is 275 Å². The van der Waals surface area contributed by atoms with Crippen molar-refractivity contribution in [1.29, 1.82) is 0 Å². The second kappa shape index (κ2) is 14.9. The standard InChI is InChI=1S/C36H37ClFN3O4S/c1-26-16-19-29(37)23-33(26)41(46(44,45)32-14-6-3-7-15-32)25-35(42)40(24-28-17-20-30(38)21-18-28)34(22-27-10-4-2-5-11-27)36(43)39-31-12-8-9-13-31/h2-7,10-11,14-21,23,31,34H,8-9,12-13,22,24-25H2,1H3,(H,39,43)/t34-/m0/s1. The maximum Gasteiger partial charge on any atom is 0.264 e. The van der Waals surface area contributed by atoms with Gasteiger partial charge in [0, 0.05) is 24.0 Å². The molecule has 46 heavy (non-hydrogen) atoms. The Hall–Kier alpha value is -4.21. The zero-order valence-corrected chi connectivity index (χ0v) is 27.2. The predicted octanol–water partition coefficient (Wildman–Crippen LogP) is 6.68. The highest BCUT2D eigenvalue weighted by Crippen LogP contribution is 2.30. The number of hydrogen-bond donors (Lipinski definition) is 1.